The van der Waals surface area contributed by atoms with Gasteiger partial charge in [0.05, 0.1) is 49.3 Å². The van der Waals surface area contributed by atoms with Gasteiger partial charge in [0.15, 0.2) is 18.4 Å². The van der Waals surface area contributed by atoms with Crippen molar-refractivity contribution in [2.45, 2.75) is 133 Å². The molecule has 2 saturated heterocycles. The van der Waals surface area contributed by atoms with Gasteiger partial charge in [0.1, 0.15) is 24.1 Å². The zero-order chi connectivity index (χ0) is 42.7. The second kappa shape index (κ2) is 21.7. The maximum Gasteiger partial charge on any atom is 0.409 e. The Morgan fingerprint density at radius 1 is 1.23 bits per heavy atom. The Balaban J connectivity index is 2.13. The highest BCUT2D eigenvalue weighted by atomic mass is 33.1. The van der Waals surface area contributed by atoms with Crippen molar-refractivity contribution >= 4 is 45.2 Å². The molecule has 1 aliphatic carbocycles. The number of ketones is 2. The number of hydrogen-bond acceptors (Lipinski definition) is 15. The minimum absolute atomic E-state index is 0.0229. The Kier molecular flexibility index (Phi) is 18.3. The molecule has 3 rings (SSSR count). The topological polar surface area (TPSA) is 223 Å². The van der Waals surface area contributed by atoms with Crippen LogP contribution in [0.2, 0.25) is 0 Å². The standard InChI is InChI=1S/C39H55N3O13S2/c1-10-12-13-14-15-29(31-25(16-17-56-57-38(6,7)19-22(3)43)39(8,50)20-28(46)33(31)40-37(48)49)54-36-35(34(47)32(41-51-9)23(4)53-36)55-30-18-27(45)26(21-52-30)42(11-2)24(5)44/h1,12-13,16,23,26-27,29-30,32,34-36,40-41,45,47,50H,11,17-21H2,2-9H3,(H,48,49)/b13-12-,25-16+. The van der Waals surface area contributed by atoms with E-state index in [1.54, 1.807) is 19.9 Å². The van der Waals surface area contributed by atoms with Crippen molar-refractivity contribution in [1.82, 2.24) is 15.7 Å². The van der Waals surface area contributed by atoms with E-state index in [4.69, 9.17) is 30.2 Å². The molecule has 16 nitrogen and oxygen atoms in total. The van der Waals surface area contributed by atoms with Crippen LogP contribution in [0.15, 0.2) is 35.1 Å². The van der Waals surface area contributed by atoms with E-state index in [1.807, 2.05) is 13.8 Å². The van der Waals surface area contributed by atoms with Gasteiger partial charge in [0.2, 0.25) is 5.91 Å². The van der Waals surface area contributed by atoms with E-state index >= 15 is 0 Å². The van der Waals surface area contributed by atoms with Gasteiger partial charge in [0.25, 0.3) is 0 Å². The highest BCUT2D eigenvalue weighted by Gasteiger charge is 2.50. The number of aliphatic hydroxyl groups excluding tert-OH is 2. The first-order chi connectivity index (χ1) is 26.8. The molecular formula is C39H55N3O13S2. The van der Waals surface area contributed by atoms with Gasteiger partial charge in [-0.2, -0.15) is 5.48 Å². The third-order valence-corrected chi connectivity index (χ3v) is 12.5. The van der Waals surface area contributed by atoms with Crippen molar-refractivity contribution in [3.63, 3.8) is 0 Å². The monoisotopic (exact) mass is 837 g/mol. The van der Waals surface area contributed by atoms with Crippen LogP contribution in [-0.4, -0.2) is 140 Å². The number of amides is 2. The Morgan fingerprint density at radius 2 is 1.93 bits per heavy atom. The van der Waals surface area contributed by atoms with E-state index in [0.29, 0.717) is 13.0 Å². The van der Waals surface area contributed by atoms with Crippen LogP contribution < -0.4 is 10.8 Å². The van der Waals surface area contributed by atoms with Crippen molar-refractivity contribution < 1.29 is 63.4 Å². The van der Waals surface area contributed by atoms with Crippen molar-refractivity contribution in [2.24, 2.45) is 0 Å². The van der Waals surface area contributed by atoms with Crippen LogP contribution in [0.25, 0.3) is 0 Å². The molecule has 316 valence electrons. The van der Waals surface area contributed by atoms with Crippen LogP contribution in [0, 0.1) is 24.2 Å². The van der Waals surface area contributed by atoms with E-state index in [2.05, 4.69) is 28.6 Å². The van der Waals surface area contributed by atoms with Gasteiger partial charge in [-0.25, -0.2) is 4.79 Å². The summed E-state index contributed by atoms with van der Waals surface area (Å²) in [5.41, 5.74) is 0.505. The lowest BCUT2D eigenvalue weighted by Crippen LogP contribution is -2.64. The third-order valence-electron chi connectivity index (χ3n) is 9.35. The molecule has 6 N–H and O–H groups in total. The molecule has 3 aliphatic rings. The smallest absolute Gasteiger partial charge is 0.409 e. The Hall–Kier alpha value is -3.24. The number of rotatable bonds is 16. The average Bonchev–Trinajstić information content (AvgIpc) is 3.10. The fraction of sp³-hybridized carbons (Fsp3) is 0.641. The fourth-order valence-corrected chi connectivity index (χ4v) is 9.38. The van der Waals surface area contributed by atoms with Crippen LogP contribution in [0.3, 0.4) is 0 Å². The highest BCUT2D eigenvalue weighted by molar-refractivity contribution is 8.77. The third kappa shape index (κ3) is 13.4. The molecule has 18 heteroatoms. The van der Waals surface area contributed by atoms with Crippen LogP contribution in [0.1, 0.15) is 67.7 Å². The number of carbonyl (C=O) groups excluding carboxylic acids is 3. The van der Waals surface area contributed by atoms with Crippen LogP contribution in [0.4, 0.5) is 4.79 Å². The van der Waals surface area contributed by atoms with E-state index < -0.39 is 89.5 Å². The van der Waals surface area contributed by atoms with E-state index in [-0.39, 0.29) is 41.6 Å². The van der Waals surface area contributed by atoms with Gasteiger partial charge >= 0.3 is 6.09 Å². The lowest BCUT2D eigenvalue weighted by Gasteiger charge is -2.46. The Morgan fingerprint density at radius 3 is 2.51 bits per heavy atom. The van der Waals surface area contributed by atoms with Gasteiger partial charge in [-0.05, 0) is 59.3 Å². The number of allylic oxidation sites excluding steroid dienone is 3. The molecule has 57 heavy (non-hydrogen) atoms. The van der Waals surface area contributed by atoms with Crippen LogP contribution >= 0.6 is 21.6 Å². The Bertz CT molecular complexity index is 1660. The summed E-state index contributed by atoms with van der Waals surface area (Å²) in [6, 6.07) is -1.52. The molecule has 0 saturated carbocycles. The largest absolute Gasteiger partial charge is 0.465 e. The van der Waals surface area contributed by atoms with Gasteiger partial charge in [-0.15, -0.1) is 6.42 Å². The van der Waals surface area contributed by atoms with E-state index in [0.717, 1.165) is 0 Å². The van der Waals surface area contributed by atoms with Crippen molar-refractivity contribution in [2.75, 3.05) is 26.0 Å². The van der Waals surface area contributed by atoms with Gasteiger partial charge < -0.3 is 49.1 Å². The fourth-order valence-electron chi connectivity index (χ4n) is 6.95. The molecule has 2 aliphatic heterocycles. The van der Waals surface area contributed by atoms with Crippen LogP contribution in [-0.2, 0) is 38.2 Å². The number of nitrogens with one attached hydrogen (secondary N) is 2. The molecule has 10 unspecified atom stereocenters. The number of terminal acetylenes is 1. The highest BCUT2D eigenvalue weighted by Crippen LogP contribution is 2.42. The number of hydrogen-bond donors (Lipinski definition) is 6. The van der Waals surface area contributed by atoms with Gasteiger partial charge in [-0.1, -0.05) is 45.4 Å². The molecule has 2 fully saturated rings. The van der Waals surface area contributed by atoms with Gasteiger partial charge in [0, 0.05) is 48.8 Å². The second-order valence-corrected chi connectivity index (χ2v) is 17.7. The first kappa shape index (κ1) is 48.1. The number of carboxylic acid groups (broad SMARTS) is 1. The lowest BCUT2D eigenvalue weighted by molar-refractivity contribution is -0.330. The number of Topliss-reactive ketones (excluding diaryl/α,β-unsaturated/α-hetero) is 2. The molecule has 0 aromatic rings. The average molecular weight is 838 g/mol. The molecule has 10 atom stereocenters. The quantitative estimate of drug-likeness (QED) is 0.0568. The number of likely N-dealkylation sites (N-methyl/N-ethyl adjacent to an activating group) is 1. The number of hydroxylamine groups is 1. The summed E-state index contributed by atoms with van der Waals surface area (Å²) in [5.74, 6) is 7.22. The molecule has 0 aromatic heterocycles. The number of ether oxygens (including phenoxy) is 4. The van der Waals surface area contributed by atoms with Crippen molar-refractivity contribution in [3.8, 4) is 24.2 Å². The maximum atomic E-state index is 13.6. The van der Waals surface area contributed by atoms with Crippen LogP contribution in [0.5, 0.6) is 0 Å². The zero-order valence-corrected chi connectivity index (χ0v) is 35.1. The molecule has 0 radical (unpaired) electrons. The summed E-state index contributed by atoms with van der Waals surface area (Å²) in [7, 11) is 4.19. The molecule has 0 bridgehead atoms. The van der Waals surface area contributed by atoms with E-state index in [1.165, 1.54) is 66.5 Å². The predicted octanol–water partition coefficient (Wildman–Crippen LogP) is 2.23. The minimum atomic E-state index is -1.83. The first-order valence-electron chi connectivity index (χ1n) is 18.4. The Labute approximate surface area is 341 Å². The minimum Gasteiger partial charge on any atom is -0.465 e. The zero-order valence-electron chi connectivity index (χ0n) is 33.5. The first-order valence-corrected chi connectivity index (χ1v) is 20.7. The number of carbonyl (C=O) groups is 4. The SMILES string of the molecule is C#C/C=C\C#CC(OC1OC(C)C(NOC)C(O)C1OC1CC(O)C(N(CC)C(C)=O)CO1)C1=C(NC(=O)O)C(=O)CC(C)(O)/C1=C/CSSC(C)(C)CC(C)=O. The summed E-state index contributed by atoms with van der Waals surface area (Å²) >= 11 is 0. The van der Waals surface area contributed by atoms with Crippen molar-refractivity contribution in [3.05, 3.63) is 35.1 Å². The molecule has 2 amide bonds. The molecule has 2 heterocycles. The predicted molar refractivity (Wildman–Crippen MR) is 213 cm³/mol. The normalized spacial score (nSPS) is 30.7. The summed E-state index contributed by atoms with van der Waals surface area (Å²) < 4.78 is 24.6. The van der Waals surface area contributed by atoms with Gasteiger partial charge in [-0.3, -0.25) is 19.7 Å². The summed E-state index contributed by atoms with van der Waals surface area (Å²) in [6.45, 7) is 11.8. The molecule has 0 aromatic carbocycles. The summed E-state index contributed by atoms with van der Waals surface area (Å²) in [4.78, 5) is 56.4. The number of aliphatic hydroxyl groups is 3. The van der Waals surface area contributed by atoms with E-state index in [9.17, 15) is 39.6 Å². The molecule has 0 spiro atoms. The van der Waals surface area contributed by atoms with Crippen molar-refractivity contribution in [1.29, 1.82) is 0 Å². The lowest BCUT2D eigenvalue weighted by atomic mass is 9.76. The maximum absolute atomic E-state index is 13.6. The molecular weight excluding hydrogens is 783 g/mol. The second-order valence-electron chi connectivity index (χ2n) is 14.6. The summed E-state index contributed by atoms with van der Waals surface area (Å²) in [6.07, 6.45) is -0.942. The number of nitrogens with zero attached hydrogens (tertiary/aromatic N) is 1. The summed E-state index contributed by atoms with van der Waals surface area (Å²) in [5, 5.41) is 46.6.